The molecule has 3 heteroatoms. The molecular weight excluding hydrogens is 166 g/mol. The van der Waals surface area contributed by atoms with Crippen molar-refractivity contribution in [3.8, 4) is 0 Å². The molecule has 1 fully saturated rings. The van der Waals surface area contributed by atoms with Crippen LogP contribution < -0.4 is 5.32 Å². The van der Waals surface area contributed by atoms with Crippen LogP contribution in [0.15, 0.2) is 0 Å². The van der Waals surface area contributed by atoms with Crippen molar-refractivity contribution in [2.75, 3.05) is 20.2 Å². The molecule has 0 bridgehead atoms. The van der Waals surface area contributed by atoms with Gasteiger partial charge >= 0.3 is 0 Å². The van der Waals surface area contributed by atoms with Gasteiger partial charge in [-0.15, -0.1) is 0 Å². The molecule has 0 amide bonds. The summed E-state index contributed by atoms with van der Waals surface area (Å²) in [4.78, 5) is 10.5. The second-order valence-electron chi connectivity index (χ2n) is 3.93. The lowest BCUT2D eigenvalue weighted by molar-refractivity contribution is -0.117. The Morgan fingerprint density at radius 3 is 2.92 bits per heavy atom. The third-order valence-corrected chi connectivity index (χ3v) is 3.12. The van der Waals surface area contributed by atoms with Gasteiger partial charge in [0.15, 0.2) is 0 Å². The van der Waals surface area contributed by atoms with Gasteiger partial charge < -0.3 is 14.8 Å². The lowest BCUT2D eigenvalue weighted by Gasteiger charge is -2.37. The predicted molar refractivity (Wildman–Crippen MR) is 51.7 cm³/mol. The van der Waals surface area contributed by atoms with E-state index >= 15 is 0 Å². The standard InChI is InChI=1S/C10H19NO2/c1-10(13-2,5-7-12)9-4-3-6-11-8-9/h7,9,11H,3-6,8H2,1-2H3. The summed E-state index contributed by atoms with van der Waals surface area (Å²) < 4.78 is 5.45. The van der Waals surface area contributed by atoms with Gasteiger partial charge in [-0.05, 0) is 26.3 Å². The van der Waals surface area contributed by atoms with Gasteiger partial charge in [0.25, 0.3) is 0 Å². The molecule has 0 aromatic heterocycles. The summed E-state index contributed by atoms with van der Waals surface area (Å²) >= 11 is 0. The minimum Gasteiger partial charge on any atom is -0.378 e. The van der Waals surface area contributed by atoms with E-state index in [9.17, 15) is 4.79 Å². The zero-order valence-corrected chi connectivity index (χ0v) is 8.51. The highest BCUT2D eigenvalue weighted by Gasteiger charge is 2.34. The SMILES string of the molecule is COC(C)(CC=O)C1CCCNC1. The average Bonchev–Trinajstić information content (AvgIpc) is 2.19. The lowest BCUT2D eigenvalue weighted by Crippen LogP contribution is -2.45. The molecule has 1 heterocycles. The summed E-state index contributed by atoms with van der Waals surface area (Å²) in [6.45, 7) is 4.09. The van der Waals surface area contributed by atoms with Gasteiger partial charge in [-0.2, -0.15) is 0 Å². The second-order valence-corrected chi connectivity index (χ2v) is 3.93. The number of hydrogen-bond donors (Lipinski definition) is 1. The first kappa shape index (κ1) is 10.7. The maximum atomic E-state index is 10.5. The number of carbonyl (C=O) groups is 1. The smallest absolute Gasteiger partial charge is 0.122 e. The quantitative estimate of drug-likeness (QED) is 0.663. The number of aldehydes is 1. The first-order chi connectivity index (χ1) is 6.23. The number of methoxy groups -OCH3 is 1. The molecule has 1 aliphatic rings. The number of hydrogen-bond acceptors (Lipinski definition) is 3. The van der Waals surface area contributed by atoms with E-state index in [2.05, 4.69) is 5.32 Å². The van der Waals surface area contributed by atoms with E-state index in [1.165, 1.54) is 6.42 Å². The third kappa shape index (κ3) is 2.51. The molecule has 1 rings (SSSR count). The molecule has 0 saturated carbocycles. The van der Waals surface area contributed by atoms with Crippen LogP contribution in [0.1, 0.15) is 26.2 Å². The Morgan fingerprint density at radius 2 is 2.46 bits per heavy atom. The zero-order chi connectivity index (χ0) is 9.73. The molecule has 0 aromatic carbocycles. The Bertz CT molecular complexity index is 166. The van der Waals surface area contributed by atoms with Crippen molar-refractivity contribution in [2.24, 2.45) is 5.92 Å². The number of ether oxygens (including phenoxy) is 1. The van der Waals surface area contributed by atoms with Crippen LogP contribution in [0.25, 0.3) is 0 Å². The summed E-state index contributed by atoms with van der Waals surface area (Å²) in [5, 5.41) is 3.34. The summed E-state index contributed by atoms with van der Waals surface area (Å²) in [6.07, 6.45) is 3.79. The largest absolute Gasteiger partial charge is 0.378 e. The Kier molecular flexibility index (Phi) is 3.88. The summed E-state index contributed by atoms with van der Waals surface area (Å²) in [6, 6.07) is 0. The van der Waals surface area contributed by atoms with Crippen LogP contribution in [0.5, 0.6) is 0 Å². The Hall–Kier alpha value is -0.410. The van der Waals surface area contributed by atoms with Gasteiger partial charge in [-0.3, -0.25) is 0 Å². The van der Waals surface area contributed by atoms with Crippen LogP contribution in [0, 0.1) is 5.92 Å². The fourth-order valence-corrected chi connectivity index (χ4v) is 1.96. The number of carbonyl (C=O) groups excluding carboxylic acids is 1. The minimum atomic E-state index is -0.269. The van der Waals surface area contributed by atoms with E-state index < -0.39 is 0 Å². The molecule has 1 aliphatic heterocycles. The summed E-state index contributed by atoms with van der Waals surface area (Å²) in [5.74, 6) is 0.469. The average molecular weight is 185 g/mol. The number of piperidine rings is 1. The maximum Gasteiger partial charge on any atom is 0.122 e. The van der Waals surface area contributed by atoms with Gasteiger partial charge in [-0.1, -0.05) is 0 Å². The Balaban J connectivity index is 2.56. The molecule has 3 nitrogen and oxygen atoms in total. The summed E-state index contributed by atoms with van der Waals surface area (Å²) in [7, 11) is 1.69. The van der Waals surface area contributed by atoms with Crippen molar-refractivity contribution >= 4 is 6.29 Å². The van der Waals surface area contributed by atoms with Crippen LogP contribution in [0.4, 0.5) is 0 Å². The Morgan fingerprint density at radius 1 is 1.69 bits per heavy atom. The molecule has 2 unspecified atom stereocenters. The number of nitrogens with one attached hydrogen (secondary N) is 1. The van der Waals surface area contributed by atoms with Gasteiger partial charge in [0.2, 0.25) is 0 Å². The van der Waals surface area contributed by atoms with Gasteiger partial charge in [0.05, 0.1) is 5.60 Å². The Labute approximate surface area is 79.8 Å². The molecular formula is C10H19NO2. The molecule has 2 atom stereocenters. The van der Waals surface area contributed by atoms with Crippen molar-refractivity contribution in [2.45, 2.75) is 31.8 Å². The van der Waals surface area contributed by atoms with Crippen LogP contribution in [0.3, 0.4) is 0 Å². The predicted octanol–water partition coefficient (Wildman–Crippen LogP) is 0.980. The van der Waals surface area contributed by atoms with Crippen molar-refractivity contribution in [1.29, 1.82) is 0 Å². The minimum absolute atomic E-state index is 0.269. The number of rotatable bonds is 4. The molecule has 0 aromatic rings. The third-order valence-electron chi connectivity index (χ3n) is 3.12. The van der Waals surface area contributed by atoms with Crippen LogP contribution in [-0.4, -0.2) is 32.1 Å². The molecule has 1 N–H and O–H groups in total. The lowest BCUT2D eigenvalue weighted by atomic mass is 9.81. The second kappa shape index (κ2) is 4.72. The molecule has 1 saturated heterocycles. The topological polar surface area (TPSA) is 38.3 Å². The molecule has 0 radical (unpaired) electrons. The monoisotopic (exact) mass is 185 g/mol. The molecule has 13 heavy (non-hydrogen) atoms. The van der Waals surface area contributed by atoms with E-state index in [4.69, 9.17) is 4.74 Å². The zero-order valence-electron chi connectivity index (χ0n) is 8.51. The highest BCUT2D eigenvalue weighted by molar-refractivity contribution is 5.51. The summed E-state index contributed by atoms with van der Waals surface area (Å²) in [5.41, 5.74) is -0.269. The maximum absolute atomic E-state index is 10.5. The highest BCUT2D eigenvalue weighted by Crippen LogP contribution is 2.29. The molecule has 0 spiro atoms. The fourth-order valence-electron chi connectivity index (χ4n) is 1.96. The van der Waals surface area contributed by atoms with Gasteiger partial charge in [0.1, 0.15) is 6.29 Å². The van der Waals surface area contributed by atoms with Crippen LogP contribution in [0.2, 0.25) is 0 Å². The fraction of sp³-hybridized carbons (Fsp3) is 0.900. The highest BCUT2D eigenvalue weighted by atomic mass is 16.5. The van der Waals surface area contributed by atoms with Crippen LogP contribution in [-0.2, 0) is 9.53 Å². The first-order valence-corrected chi connectivity index (χ1v) is 4.92. The first-order valence-electron chi connectivity index (χ1n) is 4.92. The van der Waals surface area contributed by atoms with Crippen LogP contribution >= 0.6 is 0 Å². The van der Waals surface area contributed by atoms with E-state index in [-0.39, 0.29) is 5.60 Å². The molecule has 76 valence electrons. The van der Waals surface area contributed by atoms with Crippen molar-refractivity contribution in [3.63, 3.8) is 0 Å². The van der Waals surface area contributed by atoms with E-state index in [1.54, 1.807) is 7.11 Å². The van der Waals surface area contributed by atoms with E-state index in [1.807, 2.05) is 6.92 Å². The van der Waals surface area contributed by atoms with Crippen molar-refractivity contribution in [3.05, 3.63) is 0 Å². The normalized spacial score (nSPS) is 28.0. The van der Waals surface area contributed by atoms with E-state index in [0.29, 0.717) is 12.3 Å². The van der Waals surface area contributed by atoms with E-state index in [0.717, 1.165) is 25.8 Å². The van der Waals surface area contributed by atoms with Crippen molar-refractivity contribution in [1.82, 2.24) is 5.32 Å². The molecule has 0 aliphatic carbocycles. The van der Waals surface area contributed by atoms with Gasteiger partial charge in [-0.25, -0.2) is 0 Å². The van der Waals surface area contributed by atoms with Gasteiger partial charge in [0, 0.05) is 26.0 Å². The van der Waals surface area contributed by atoms with Crippen molar-refractivity contribution < 1.29 is 9.53 Å².